The zero-order valence-corrected chi connectivity index (χ0v) is 20.1. The second-order valence-electron chi connectivity index (χ2n) is 6.96. The van der Waals surface area contributed by atoms with E-state index in [2.05, 4.69) is 14.7 Å². The SMILES string of the molecule is CCc1cnc(-c2cnc(N3CCN(C(=O)NS(=O)(=O)c4ccc(Cl)s4)CC3)c(Cl)c2)o1. The van der Waals surface area contributed by atoms with E-state index >= 15 is 0 Å². The first-order valence-corrected chi connectivity index (χ1v) is 12.7. The number of aromatic nitrogens is 2. The normalized spacial score (nSPS) is 14.6. The third kappa shape index (κ3) is 4.85. The highest BCUT2D eigenvalue weighted by atomic mass is 35.5. The molecule has 0 bridgehead atoms. The summed E-state index contributed by atoms with van der Waals surface area (Å²) in [4.78, 5) is 24.5. The van der Waals surface area contributed by atoms with Gasteiger partial charge in [0.2, 0.25) is 5.89 Å². The number of urea groups is 1. The average molecular weight is 516 g/mol. The molecule has 0 saturated carbocycles. The average Bonchev–Trinajstić information content (AvgIpc) is 3.43. The Bertz CT molecular complexity index is 1240. The standard InChI is InChI=1S/C19H19Cl2N5O4S2/c1-2-13-11-23-18(30-13)12-9-14(20)17(22-10-12)25-5-7-26(8-6-25)19(27)24-32(28,29)16-4-3-15(21)31-16/h3-4,9-11H,2,5-8H2,1H3,(H,24,27). The maximum absolute atomic E-state index is 12.5. The van der Waals surface area contributed by atoms with E-state index < -0.39 is 16.1 Å². The minimum Gasteiger partial charge on any atom is -0.441 e. The van der Waals surface area contributed by atoms with Gasteiger partial charge in [-0.3, -0.25) is 0 Å². The van der Waals surface area contributed by atoms with Gasteiger partial charge in [0, 0.05) is 38.8 Å². The summed E-state index contributed by atoms with van der Waals surface area (Å²) in [5.74, 6) is 1.81. The maximum atomic E-state index is 12.5. The quantitative estimate of drug-likeness (QED) is 0.548. The molecule has 4 rings (SSSR count). The molecule has 1 N–H and O–H groups in total. The fourth-order valence-electron chi connectivity index (χ4n) is 3.18. The van der Waals surface area contributed by atoms with E-state index in [-0.39, 0.29) is 4.21 Å². The molecule has 1 saturated heterocycles. The van der Waals surface area contributed by atoms with Gasteiger partial charge in [-0.2, -0.15) is 0 Å². The molecule has 0 unspecified atom stereocenters. The predicted molar refractivity (Wildman–Crippen MR) is 123 cm³/mol. The second-order valence-corrected chi connectivity index (χ2v) is 11.0. The van der Waals surface area contributed by atoms with Crippen molar-refractivity contribution in [1.82, 2.24) is 19.6 Å². The summed E-state index contributed by atoms with van der Waals surface area (Å²) in [5.41, 5.74) is 0.676. The van der Waals surface area contributed by atoms with Crippen LogP contribution in [0.5, 0.6) is 0 Å². The highest BCUT2D eigenvalue weighted by Gasteiger charge is 2.27. The van der Waals surface area contributed by atoms with Gasteiger partial charge in [-0.05, 0) is 18.2 Å². The Morgan fingerprint density at radius 2 is 1.94 bits per heavy atom. The number of carbonyl (C=O) groups is 1. The van der Waals surface area contributed by atoms with E-state index in [0.29, 0.717) is 52.8 Å². The molecule has 0 aliphatic carbocycles. The number of nitrogens with zero attached hydrogens (tertiary/aromatic N) is 4. The van der Waals surface area contributed by atoms with Gasteiger partial charge in [0.25, 0.3) is 10.0 Å². The summed E-state index contributed by atoms with van der Waals surface area (Å²) < 4.78 is 32.7. The smallest absolute Gasteiger partial charge is 0.331 e. The summed E-state index contributed by atoms with van der Waals surface area (Å²) in [6, 6.07) is 3.89. The first-order chi connectivity index (χ1) is 15.3. The number of rotatable bonds is 5. The topological polar surface area (TPSA) is 109 Å². The zero-order valence-electron chi connectivity index (χ0n) is 16.9. The molecule has 13 heteroatoms. The summed E-state index contributed by atoms with van der Waals surface area (Å²) in [7, 11) is -3.96. The molecule has 1 fully saturated rings. The monoisotopic (exact) mass is 515 g/mol. The fraction of sp³-hybridized carbons (Fsp3) is 0.316. The van der Waals surface area contributed by atoms with Crippen molar-refractivity contribution in [2.75, 3.05) is 31.1 Å². The molecule has 0 aromatic carbocycles. The van der Waals surface area contributed by atoms with Gasteiger partial charge in [0.05, 0.1) is 21.1 Å². The third-order valence-corrected chi connectivity index (χ3v) is 8.19. The van der Waals surface area contributed by atoms with Crippen LogP contribution in [0.4, 0.5) is 10.6 Å². The van der Waals surface area contributed by atoms with Crippen LogP contribution in [0.1, 0.15) is 12.7 Å². The number of sulfonamides is 1. The molecule has 2 amide bonds. The van der Waals surface area contributed by atoms with E-state index in [0.717, 1.165) is 23.5 Å². The first kappa shape index (κ1) is 22.8. The van der Waals surface area contributed by atoms with Crippen LogP contribution in [0.2, 0.25) is 9.36 Å². The van der Waals surface area contributed by atoms with E-state index in [4.69, 9.17) is 27.6 Å². The van der Waals surface area contributed by atoms with Crippen LogP contribution in [-0.2, 0) is 16.4 Å². The van der Waals surface area contributed by atoms with Crippen molar-refractivity contribution < 1.29 is 17.6 Å². The molecule has 3 aromatic heterocycles. The number of piperazine rings is 1. The minimum absolute atomic E-state index is 0.0114. The van der Waals surface area contributed by atoms with Crippen LogP contribution >= 0.6 is 34.5 Å². The number of pyridine rings is 1. The number of carbonyl (C=O) groups excluding carboxylic acids is 1. The zero-order chi connectivity index (χ0) is 22.9. The van der Waals surface area contributed by atoms with Crippen molar-refractivity contribution in [2.45, 2.75) is 17.6 Å². The highest BCUT2D eigenvalue weighted by molar-refractivity contribution is 7.92. The molecule has 0 atom stereocenters. The Morgan fingerprint density at radius 1 is 1.19 bits per heavy atom. The van der Waals surface area contributed by atoms with Crippen LogP contribution in [-0.4, -0.2) is 55.5 Å². The predicted octanol–water partition coefficient (Wildman–Crippen LogP) is 3.89. The van der Waals surface area contributed by atoms with Crippen LogP contribution < -0.4 is 9.62 Å². The lowest BCUT2D eigenvalue weighted by molar-refractivity contribution is 0.200. The van der Waals surface area contributed by atoms with Crippen LogP contribution in [0.3, 0.4) is 0 Å². The third-order valence-electron chi connectivity index (χ3n) is 4.87. The lowest BCUT2D eigenvalue weighted by Crippen LogP contribution is -2.52. The number of thiophene rings is 1. The summed E-state index contributed by atoms with van der Waals surface area (Å²) in [6.45, 7) is 3.50. The summed E-state index contributed by atoms with van der Waals surface area (Å²) >= 11 is 13.1. The molecule has 1 aliphatic heterocycles. The van der Waals surface area contributed by atoms with Gasteiger partial charge in [-0.1, -0.05) is 30.1 Å². The van der Waals surface area contributed by atoms with Crippen LogP contribution in [0, 0.1) is 0 Å². The Morgan fingerprint density at radius 3 is 2.53 bits per heavy atom. The number of oxazole rings is 1. The molecular weight excluding hydrogens is 497 g/mol. The largest absolute Gasteiger partial charge is 0.441 e. The number of amides is 2. The maximum Gasteiger partial charge on any atom is 0.331 e. The molecule has 0 radical (unpaired) electrons. The van der Waals surface area contributed by atoms with E-state index in [1.54, 1.807) is 18.5 Å². The number of halogens is 2. The molecule has 1 aliphatic rings. The minimum atomic E-state index is -3.96. The van der Waals surface area contributed by atoms with Gasteiger partial charge in [-0.15, -0.1) is 11.3 Å². The molecule has 170 valence electrons. The molecule has 9 nitrogen and oxygen atoms in total. The lowest BCUT2D eigenvalue weighted by Gasteiger charge is -2.35. The Hall–Kier alpha value is -2.34. The van der Waals surface area contributed by atoms with Crippen molar-refractivity contribution in [3.63, 3.8) is 0 Å². The molecule has 0 spiro atoms. The first-order valence-electron chi connectivity index (χ1n) is 9.69. The van der Waals surface area contributed by atoms with E-state index in [1.807, 2.05) is 11.8 Å². The van der Waals surface area contributed by atoms with Crippen molar-refractivity contribution in [3.05, 3.63) is 45.7 Å². The molecule has 4 heterocycles. The summed E-state index contributed by atoms with van der Waals surface area (Å²) in [5, 5.41) is 0.439. The van der Waals surface area contributed by atoms with Crippen LogP contribution in [0.15, 0.2) is 39.2 Å². The Kier molecular flexibility index (Phi) is 6.61. The van der Waals surface area contributed by atoms with E-state index in [1.165, 1.54) is 17.0 Å². The molecule has 32 heavy (non-hydrogen) atoms. The summed E-state index contributed by atoms with van der Waals surface area (Å²) in [6.07, 6.45) is 4.06. The fourth-order valence-corrected chi connectivity index (χ4v) is 5.92. The van der Waals surface area contributed by atoms with Crippen molar-refractivity contribution >= 4 is 56.4 Å². The van der Waals surface area contributed by atoms with Gasteiger partial charge in [-0.25, -0.2) is 27.9 Å². The Balaban J connectivity index is 1.38. The second kappa shape index (κ2) is 9.26. The van der Waals surface area contributed by atoms with Crippen molar-refractivity contribution in [1.29, 1.82) is 0 Å². The molecule has 3 aromatic rings. The number of aryl methyl sites for hydroxylation is 1. The van der Waals surface area contributed by atoms with Crippen LogP contribution in [0.25, 0.3) is 11.5 Å². The van der Waals surface area contributed by atoms with Gasteiger partial charge in [0.1, 0.15) is 15.8 Å². The highest BCUT2D eigenvalue weighted by Crippen LogP contribution is 2.30. The van der Waals surface area contributed by atoms with E-state index in [9.17, 15) is 13.2 Å². The van der Waals surface area contributed by atoms with Gasteiger partial charge in [0.15, 0.2) is 0 Å². The van der Waals surface area contributed by atoms with Crippen molar-refractivity contribution in [2.24, 2.45) is 0 Å². The van der Waals surface area contributed by atoms with Gasteiger partial charge < -0.3 is 14.2 Å². The van der Waals surface area contributed by atoms with Gasteiger partial charge >= 0.3 is 6.03 Å². The Labute approximate surface area is 199 Å². The van der Waals surface area contributed by atoms with Crippen molar-refractivity contribution in [3.8, 4) is 11.5 Å². The number of hydrogen-bond acceptors (Lipinski definition) is 8. The lowest BCUT2D eigenvalue weighted by atomic mass is 10.2. The number of nitrogens with one attached hydrogen (secondary N) is 1. The number of hydrogen-bond donors (Lipinski definition) is 1. The number of anilines is 1. The molecular formula is C19H19Cl2N5O4S2.